The maximum Gasteiger partial charge on any atom is 0.267 e. The minimum Gasteiger partial charge on any atom is -0.334 e. The number of amides is 1. The fourth-order valence-electron chi connectivity index (χ4n) is 3.08. The lowest BCUT2D eigenvalue weighted by molar-refractivity contribution is 0.103. The van der Waals surface area contributed by atoms with Crippen LogP contribution in [0, 0.1) is 6.92 Å². The molecule has 28 heavy (non-hydrogen) atoms. The van der Waals surface area contributed by atoms with E-state index in [0.717, 1.165) is 34.2 Å². The maximum absolute atomic E-state index is 12.8. The van der Waals surface area contributed by atoms with Crippen LogP contribution in [0.1, 0.15) is 25.9 Å². The van der Waals surface area contributed by atoms with Crippen LogP contribution in [0.3, 0.4) is 0 Å². The van der Waals surface area contributed by atoms with Gasteiger partial charge in [-0.05, 0) is 24.6 Å². The highest BCUT2D eigenvalue weighted by atomic mass is 32.1. The van der Waals surface area contributed by atoms with E-state index in [9.17, 15) is 4.79 Å². The molecule has 0 aliphatic rings. The monoisotopic (exact) mass is 388 g/mol. The summed E-state index contributed by atoms with van der Waals surface area (Å²) in [6.07, 6.45) is 4.39. The average Bonchev–Trinajstić information content (AvgIpc) is 3.28. The Bertz CT molecular complexity index is 1110. The molecule has 0 aliphatic heterocycles. The molecule has 0 bridgehead atoms. The predicted molar refractivity (Wildman–Crippen MR) is 113 cm³/mol. The maximum atomic E-state index is 12.8. The van der Waals surface area contributed by atoms with E-state index in [1.54, 1.807) is 6.20 Å². The largest absolute Gasteiger partial charge is 0.334 e. The van der Waals surface area contributed by atoms with Crippen LogP contribution in [-0.4, -0.2) is 20.4 Å². The van der Waals surface area contributed by atoms with Crippen molar-refractivity contribution in [3.8, 4) is 11.4 Å². The summed E-state index contributed by atoms with van der Waals surface area (Å²) >= 11 is 1.45. The lowest BCUT2D eigenvalue weighted by Crippen LogP contribution is -2.11. The molecule has 140 valence electrons. The molecule has 0 saturated heterocycles. The number of carbonyl (C=O) groups excluding carboxylic acids is 1. The van der Waals surface area contributed by atoms with E-state index in [-0.39, 0.29) is 5.91 Å². The highest BCUT2D eigenvalue weighted by Crippen LogP contribution is 2.24. The topological polar surface area (TPSA) is 59.8 Å². The molecule has 0 unspecified atom stereocenters. The average molecular weight is 388 g/mol. The van der Waals surface area contributed by atoms with E-state index in [1.807, 2.05) is 67.2 Å². The van der Waals surface area contributed by atoms with Gasteiger partial charge in [-0.1, -0.05) is 42.5 Å². The smallest absolute Gasteiger partial charge is 0.267 e. The molecule has 2 heterocycles. The van der Waals surface area contributed by atoms with E-state index >= 15 is 0 Å². The fraction of sp³-hybridized carbons (Fsp3) is 0.136. The molecule has 0 spiro atoms. The molecule has 0 aliphatic carbocycles. The van der Waals surface area contributed by atoms with Gasteiger partial charge in [0, 0.05) is 37.1 Å². The van der Waals surface area contributed by atoms with Gasteiger partial charge in [-0.3, -0.25) is 4.79 Å². The van der Waals surface area contributed by atoms with Crippen molar-refractivity contribution in [1.29, 1.82) is 0 Å². The van der Waals surface area contributed by atoms with Crippen molar-refractivity contribution >= 4 is 22.9 Å². The van der Waals surface area contributed by atoms with Gasteiger partial charge in [-0.25, -0.2) is 9.97 Å². The van der Waals surface area contributed by atoms with Crippen LogP contribution in [0.4, 0.5) is 5.69 Å². The minimum atomic E-state index is -0.133. The summed E-state index contributed by atoms with van der Waals surface area (Å²) in [6, 6.07) is 17.9. The second kappa shape index (κ2) is 7.78. The Balaban J connectivity index is 1.52. The van der Waals surface area contributed by atoms with E-state index in [4.69, 9.17) is 0 Å². The van der Waals surface area contributed by atoms with Gasteiger partial charge in [0.1, 0.15) is 10.7 Å². The molecule has 1 amide bonds. The summed E-state index contributed by atoms with van der Waals surface area (Å²) in [6.45, 7) is 1.88. The third kappa shape index (κ3) is 3.87. The molecule has 0 fully saturated rings. The Labute approximate surface area is 167 Å². The minimum absolute atomic E-state index is 0.133. The Morgan fingerprint density at radius 3 is 2.71 bits per heavy atom. The number of aryl methyl sites for hydroxylation is 2. The van der Waals surface area contributed by atoms with Gasteiger partial charge < -0.3 is 9.88 Å². The van der Waals surface area contributed by atoms with Crippen molar-refractivity contribution in [2.45, 2.75) is 13.3 Å². The van der Waals surface area contributed by atoms with Gasteiger partial charge in [-0.2, -0.15) is 0 Å². The fourth-order valence-corrected chi connectivity index (χ4v) is 4.07. The zero-order valence-electron chi connectivity index (χ0n) is 15.7. The molecule has 2 aromatic carbocycles. The van der Waals surface area contributed by atoms with Crippen molar-refractivity contribution in [3.05, 3.63) is 88.1 Å². The van der Waals surface area contributed by atoms with Gasteiger partial charge in [0.05, 0.1) is 10.7 Å². The first-order valence-electron chi connectivity index (χ1n) is 8.99. The first-order chi connectivity index (χ1) is 13.6. The number of hydrogen-bond donors (Lipinski definition) is 1. The van der Waals surface area contributed by atoms with Crippen LogP contribution >= 0.6 is 11.3 Å². The van der Waals surface area contributed by atoms with Gasteiger partial charge in [0.25, 0.3) is 5.91 Å². The zero-order chi connectivity index (χ0) is 19.5. The Kier molecular flexibility index (Phi) is 5.04. The number of benzene rings is 2. The lowest BCUT2D eigenvalue weighted by atomic mass is 10.2. The Hall–Kier alpha value is -3.25. The van der Waals surface area contributed by atoms with Crippen LogP contribution < -0.4 is 5.32 Å². The molecule has 4 rings (SSSR count). The SMILES string of the molecule is Cc1nc(Cc2ccccc2)sc1C(=O)Nc1cccc(-c2nccn2C)c1. The van der Waals surface area contributed by atoms with E-state index in [0.29, 0.717) is 4.88 Å². The number of thiazole rings is 1. The number of rotatable bonds is 5. The first kappa shape index (κ1) is 18.1. The molecule has 0 atom stereocenters. The number of nitrogens with one attached hydrogen (secondary N) is 1. The van der Waals surface area contributed by atoms with Gasteiger partial charge >= 0.3 is 0 Å². The Morgan fingerprint density at radius 2 is 1.96 bits per heavy atom. The molecule has 2 aromatic heterocycles. The zero-order valence-corrected chi connectivity index (χ0v) is 16.5. The summed E-state index contributed by atoms with van der Waals surface area (Å²) in [5.41, 5.74) is 3.64. The number of carbonyl (C=O) groups is 1. The number of nitrogens with zero attached hydrogens (tertiary/aromatic N) is 3. The van der Waals surface area contributed by atoms with Crippen molar-refractivity contribution in [2.75, 3.05) is 5.32 Å². The molecular weight excluding hydrogens is 368 g/mol. The van der Waals surface area contributed by atoms with Crippen molar-refractivity contribution in [1.82, 2.24) is 14.5 Å². The standard InChI is InChI=1S/C22H20N4OS/c1-15-20(28-19(24-15)13-16-7-4-3-5-8-16)22(27)25-18-10-6-9-17(14-18)21-23-11-12-26(21)2/h3-12,14H,13H2,1-2H3,(H,25,27). The van der Waals surface area contributed by atoms with Crippen molar-refractivity contribution < 1.29 is 4.79 Å². The number of imidazole rings is 1. The summed E-state index contributed by atoms with van der Waals surface area (Å²) < 4.78 is 1.95. The molecule has 4 aromatic rings. The van der Waals surface area contributed by atoms with Gasteiger partial charge in [0.15, 0.2) is 0 Å². The number of anilines is 1. The second-order valence-electron chi connectivity index (χ2n) is 6.58. The van der Waals surface area contributed by atoms with Crippen molar-refractivity contribution in [2.24, 2.45) is 7.05 Å². The highest BCUT2D eigenvalue weighted by Gasteiger charge is 2.16. The van der Waals surface area contributed by atoms with E-state index in [1.165, 1.54) is 16.9 Å². The molecular formula is C22H20N4OS. The van der Waals surface area contributed by atoms with Gasteiger partial charge in [-0.15, -0.1) is 11.3 Å². The molecule has 6 heteroatoms. The third-order valence-corrected chi connectivity index (χ3v) is 5.60. The summed E-state index contributed by atoms with van der Waals surface area (Å²) in [5.74, 6) is 0.724. The van der Waals surface area contributed by atoms with Crippen LogP contribution in [0.25, 0.3) is 11.4 Å². The third-order valence-electron chi connectivity index (χ3n) is 4.45. The summed E-state index contributed by atoms with van der Waals surface area (Å²) in [5, 5.41) is 3.93. The van der Waals surface area contributed by atoms with Crippen LogP contribution in [0.2, 0.25) is 0 Å². The quantitative estimate of drug-likeness (QED) is 0.539. The molecule has 1 N–H and O–H groups in total. The lowest BCUT2D eigenvalue weighted by Gasteiger charge is -2.07. The normalized spacial score (nSPS) is 10.8. The van der Waals surface area contributed by atoms with Gasteiger partial charge in [0.2, 0.25) is 0 Å². The highest BCUT2D eigenvalue weighted by molar-refractivity contribution is 7.14. The van der Waals surface area contributed by atoms with Crippen LogP contribution in [0.5, 0.6) is 0 Å². The molecule has 5 nitrogen and oxygen atoms in total. The predicted octanol–water partition coefficient (Wildman–Crippen LogP) is 4.70. The second-order valence-corrected chi connectivity index (χ2v) is 7.66. The van der Waals surface area contributed by atoms with Crippen LogP contribution in [-0.2, 0) is 13.5 Å². The summed E-state index contributed by atoms with van der Waals surface area (Å²) in [7, 11) is 1.95. The first-order valence-corrected chi connectivity index (χ1v) is 9.81. The number of aromatic nitrogens is 3. The summed E-state index contributed by atoms with van der Waals surface area (Å²) in [4.78, 5) is 22.4. The van der Waals surface area contributed by atoms with E-state index < -0.39 is 0 Å². The molecule has 0 radical (unpaired) electrons. The van der Waals surface area contributed by atoms with Crippen molar-refractivity contribution in [3.63, 3.8) is 0 Å². The van der Waals surface area contributed by atoms with E-state index in [2.05, 4.69) is 27.4 Å². The van der Waals surface area contributed by atoms with Crippen LogP contribution in [0.15, 0.2) is 67.0 Å². The number of hydrogen-bond acceptors (Lipinski definition) is 4. The Morgan fingerprint density at radius 1 is 1.14 bits per heavy atom. The molecule has 0 saturated carbocycles.